The normalized spacial score (nSPS) is 14.9. The summed E-state index contributed by atoms with van der Waals surface area (Å²) in [6.45, 7) is 7.19. The van der Waals surface area contributed by atoms with Crippen LogP contribution in [-0.4, -0.2) is 50.6 Å². The Kier molecular flexibility index (Phi) is 6.47. The van der Waals surface area contributed by atoms with Crippen LogP contribution < -0.4 is 15.0 Å². The molecule has 0 bridgehead atoms. The van der Waals surface area contributed by atoms with Crippen molar-refractivity contribution in [2.24, 2.45) is 0 Å². The van der Waals surface area contributed by atoms with E-state index in [0.717, 1.165) is 38.4 Å². The maximum absolute atomic E-state index is 12.6. The van der Waals surface area contributed by atoms with Crippen molar-refractivity contribution in [3.05, 3.63) is 52.0 Å². The van der Waals surface area contributed by atoms with Crippen molar-refractivity contribution in [3.8, 4) is 5.75 Å². The first-order valence-electron chi connectivity index (χ1n) is 8.93. The highest BCUT2D eigenvalue weighted by Crippen LogP contribution is 2.30. The van der Waals surface area contributed by atoms with Crippen molar-refractivity contribution in [2.45, 2.75) is 6.92 Å². The topological polar surface area (TPSA) is 44.8 Å². The van der Waals surface area contributed by atoms with Crippen molar-refractivity contribution in [2.75, 3.05) is 50.1 Å². The molecule has 3 rings (SSSR count). The predicted octanol–water partition coefficient (Wildman–Crippen LogP) is 4.40. The quantitative estimate of drug-likeness (QED) is 0.797. The third kappa shape index (κ3) is 4.67. The van der Waals surface area contributed by atoms with Gasteiger partial charge in [0.2, 0.25) is 0 Å². The van der Waals surface area contributed by atoms with Gasteiger partial charge in [-0.25, -0.2) is 0 Å². The molecule has 0 spiro atoms. The Balaban J connectivity index is 1.73. The van der Waals surface area contributed by atoms with Gasteiger partial charge >= 0.3 is 0 Å². The van der Waals surface area contributed by atoms with Gasteiger partial charge in [0.15, 0.2) is 0 Å². The molecule has 27 heavy (non-hydrogen) atoms. The number of hydrogen-bond acceptors (Lipinski definition) is 4. The molecular formula is C20H23Cl2N3O2. The van der Waals surface area contributed by atoms with E-state index >= 15 is 0 Å². The fraction of sp³-hybridized carbons (Fsp3) is 0.350. The maximum atomic E-state index is 12.6. The molecule has 0 saturated carbocycles. The predicted molar refractivity (Wildman–Crippen MR) is 112 cm³/mol. The highest BCUT2D eigenvalue weighted by Gasteiger charge is 2.19. The molecule has 1 aliphatic rings. The number of methoxy groups -OCH3 is 1. The first kappa shape index (κ1) is 19.8. The number of hydrogen-bond donors (Lipinski definition) is 1. The number of halogens is 2. The molecule has 2 aromatic rings. The van der Waals surface area contributed by atoms with Gasteiger partial charge in [-0.1, -0.05) is 30.1 Å². The van der Waals surface area contributed by atoms with Crippen LogP contribution in [-0.2, 0) is 0 Å². The number of benzene rings is 2. The van der Waals surface area contributed by atoms with Crippen molar-refractivity contribution in [3.63, 3.8) is 0 Å². The number of amides is 1. The summed E-state index contributed by atoms with van der Waals surface area (Å²) in [4.78, 5) is 17.3. The van der Waals surface area contributed by atoms with Crippen LogP contribution in [0.4, 0.5) is 11.4 Å². The van der Waals surface area contributed by atoms with Gasteiger partial charge in [0.1, 0.15) is 5.75 Å². The smallest absolute Gasteiger partial charge is 0.259 e. The van der Waals surface area contributed by atoms with Crippen LogP contribution in [0.15, 0.2) is 36.4 Å². The van der Waals surface area contributed by atoms with E-state index in [4.69, 9.17) is 27.9 Å². The minimum atomic E-state index is -0.297. The molecule has 0 radical (unpaired) electrons. The molecule has 0 aromatic heterocycles. The molecule has 1 fully saturated rings. The van der Waals surface area contributed by atoms with E-state index in [1.54, 1.807) is 24.3 Å². The second kappa shape index (κ2) is 8.83. The van der Waals surface area contributed by atoms with Gasteiger partial charge in [0.25, 0.3) is 5.91 Å². The molecular weight excluding hydrogens is 385 g/mol. The molecule has 1 aliphatic heterocycles. The summed E-state index contributed by atoms with van der Waals surface area (Å²) in [6, 6.07) is 10.5. The Morgan fingerprint density at radius 2 is 1.85 bits per heavy atom. The van der Waals surface area contributed by atoms with E-state index in [1.807, 2.05) is 12.1 Å². The average molecular weight is 408 g/mol. The SMILES string of the molecule is CCN1CCN(c2ccc(NC(=O)c3cc(Cl)ccc3OC)cc2Cl)CC1. The van der Waals surface area contributed by atoms with Gasteiger partial charge in [-0.3, -0.25) is 4.79 Å². The Hall–Kier alpha value is -1.95. The Bertz CT molecular complexity index is 821. The first-order valence-corrected chi connectivity index (χ1v) is 9.69. The minimum Gasteiger partial charge on any atom is -0.496 e. The third-order valence-electron chi connectivity index (χ3n) is 4.77. The van der Waals surface area contributed by atoms with Gasteiger partial charge in [-0.15, -0.1) is 0 Å². The van der Waals surface area contributed by atoms with E-state index in [-0.39, 0.29) is 5.91 Å². The van der Waals surface area contributed by atoms with Crippen molar-refractivity contribution in [1.82, 2.24) is 4.90 Å². The van der Waals surface area contributed by atoms with Gasteiger partial charge in [0.05, 0.1) is 23.4 Å². The summed E-state index contributed by atoms with van der Waals surface area (Å²) in [5.41, 5.74) is 2.00. The van der Waals surface area contributed by atoms with E-state index in [1.165, 1.54) is 7.11 Å². The fourth-order valence-electron chi connectivity index (χ4n) is 3.20. The first-order chi connectivity index (χ1) is 13.0. The lowest BCUT2D eigenvalue weighted by Gasteiger charge is -2.36. The lowest BCUT2D eigenvalue weighted by molar-refractivity contribution is 0.102. The summed E-state index contributed by atoms with van der Waals surface area (Å²) < 4.78 is 5.24. The summed E-state index contributed by atoms with van der Waals surface area (Å²) in [7, 11) is 1.52. The molecule has 2 aromatic carbocycles. The zero-order valence-electron chi connectivity index (χ0n) is 15.5. The van der Waals surface area contributed by atoms with Gasteiger partial charge in [0, 0.05) is 36.9 Å². The van der Waals surface area contributed by atoms with Crippen molar-refractivity contribution >= 4 is 40.5 Å². The number of ether oxygens (including phenoxy) is 1. The maximum Gasteiger partial charge on any atom is 0.259 e. The van der Waals surface area contributed by atoms with Crippen LogP contribution in [0.2, 0.25) is 10.0 Å². The zero-order chi connectivity index (χ0) is 19.4. The molecule has 1 saturated heterocycles. The highest BCUT2D eigenvalue weighted by molar-refractivity contribution is 6.33. The number of carbonyl (C=O) groups is 1. The summed E-state index contributed by atoms with van der Waals surface area (Å²) >= 11 is 12.5. The van der Waals surface area contributed by atoms with Crippen LogP contribution in [0.25, 0.3) is 0 Å². The molecule has 1 amide bonds. The largest absolute Gasteiger partial charge is 0.496 e. The second-order valence-corrected chi connectivity index (χ2v) is 7.23. The van der Waals surface area contributed by atoms with Gasteiger partial charge < -0.3 is 19.9 Å². The number of likely N-dealkylation sites (N-methyl/N-ethyl adjacent to an activating group) is 1. The van der Waals surface area contributed by atoms with Gasteiger partial charge in [-0.2, -0.15) is 0 Å². The lowest BCUT2D eigenvalue weighted by atomic mass is 10.1. The van der Waals surface area contributed by atoms with Crippen LogP contribution in [0.3, 0.4) is 0 Å². The van der Waals surface area contributed by atoms with E-state index < -0.39 is 0 Å². The van der Waals surface area contributed by atoms with Crippen LogP contribution in [0, 0.1) is 0 Å². The molecule has 0 aliphatic carbocycles. The van der Waals surface area contributed by atoms with Gasteiger partial charge in [-0.05, 0) is 42.9 Å². The average Bonchev–Trinajstić information content (AvgIpc) is 2.68. The van der Waals surface area contributed by atoms with Crippen LogP contribution >= 0.6 is 23.2 Å². The van der Waals surface area contributed by atoms with E-state index in [2.05, 4.69) is 22.0 Å². The molecule has 144 valence electrons. The van der Waals surface area contributed by atoms with Crippen LogP contribution in [0.1, 0.15) is 17.3 Å². The summed E-state index contributed by atoms with van der Waals surface area (Å²) in [5.74, 6) is 0.170. The fourth-order valence-corrected chi connectivity index (χ4v) is 3.67. The molecule has 1 N–H and O–H groups in total. The number of anilines is 2. The summed E-state index contributed by atoms with van der Waals surface area (Å²) in [6.07, 6.45) is 0. The third-order valence-corrected chi connectivity index (χ3v) is 5.31. The zero-order valence-corrected chi connectivity index (χ0v) is 17.0. The Morgan fingerprint density at radius 1 is 1.11 bits per heavy atom. The highest BCUT2D eigenvalue weighted by atomic mass is 35.5. The number of nitrogens with zero attached hydrogens (tertiary/aromatic N) is 2. The Morgan fingerprint density at radius 3 is 2.48 bits per heavy atom. The molecule has 0 unspecified atom stereocenters. The number of rotatable bonds is 5. The Labute approximate surface area is 169 Å². The van der Waals surface area contributed by atoms with Crippen molar-refractivity contribution in [1.29, 1.82) is 0 Å². The number of nitrogens with one attached hydrogen (secondary N) is 1. The lowest BCUT2D eigenvalue weighted by Crippen LogP contribution is -2.46. The van der Waals surface area contributed by atoms with Crippen molar-refractivity contribution < 1.29 is 9.53 Å². The number of piperazine rings is 1. The summed E-state index contributed by atoms with van der Waals surface area (Å²) in [5, 5.41) is 3.95. The minimum absolute atomic E-state index is 0.297. The molecule has 0 atom stereocenters. The standard InChI is InChI=1S/C20H23Cl2N3O2/c1-3-24-8-10-25(11-9-24)18-6-5-15(13-17(18)22)23-20(26)16-12-14(21)4-7-19(16)27-2/h4-7,12-13H,3,8-11H2,1-2H3,(H,23,26). The second-order valence-electron chi connectivity index (χ2n) is 6.39. The number of carbonyl (C=O) groups excluding carboxylic acids is 1. The van der Waals surface area contributed by atoms with Crippen LogP contribution in [0.5, 0.6) is 5.75 Å². The molecule has 1 heterocycles. The van der Waals surface area contributed by atoms with E-state index in [9.17, 15) is 4.79 Å². The molecule has 5 nitrogen and oxygen atoms in total. The molecule has 7 heteroatoms. The monoisotopic (exact) mass is 407 g/mol. The van der Waals surface area contributed by atoms with E-state index in [0.29, 0.717) is 27.0 Å².